The third-order valence-electron chi connectivity index (χ3n) is 9.56. The van der Waals surface area contributed by atoms with Crippen molar-refractivity contribution in [2.24, 2.45) is 0 Å². The zero-order valence-electron chi connectivity index (χ0n) is 26.6. The van der Waals surface area contributed by atoms with Crippen molar-refractivity contribution < 1.29 is 25.2 Å². The molecule has 0 aromatic heterocycles. The summed E-state index contributed by atoms with van der Waals surface area (Å²) < 4.78 is 6.39. The first kappa shape index (κ1) is 30.2. The van der Waals surface area contributed by atoms with Crippen LogP contribution in [0.2, 0.25) is 0 Å². The molecular weight excluding hydrogens is 607 g/mol. The van der Waals surface area contributed by atoms with Gasteiger partial charge in [-0.25, -0.2) is 0 Å². The number of ether oxygens (including phenoxy) is 1. The molecule has 0 bridgehead atoms. The van der Waals surface area contributed by atoms with Crippen molar-refractivity contribution in [3.8, 4) is 62.1 Å². The molecule has 6 heteroatoms. The van der Waals surface area contributed by atoms with Gasteiger partial charge in [0.1, 0.15) is 25.1 Å². The summed E-state index contributed by atoms with van der Waals surface area (Å²) in [7, 11) is 5.87. The number of phenolic OH excluding ortho intramolecular Hbond substituents is 4. The van der Waals surface area contributed by atoms with E-state index in [1.165, 1.54) is 11.1 Å². The minimum Gasteiger partial charge on any atom is -0.508 e. The predicted octanol–water partition coefficient (Wildman–Crippen LogP) is 9.26. The number of aromatic hydroxyl groups is 4. The van der Waals surface area contributed by atoms with E-state index in [-0.39, 0.29) is 5.56 Å². The molecule has 236 valence electrons. The summed E-state index contributed by atoms with van der Waals surface area (Å²) >= 11 is 0. The Morgan fingerprint density at radius 3 is 1.84 bits per heavy atom. The average molecular weight is 639 g/mol. The minimum atomic E-state index is -0.793. The fourth-order valence-electron chi connectivity index (χ4n) is 7.19. The molecular formula is C43H31BO5. The van der Waals surface area contributed by atoms with Crippen LogP contribution in [0.1, 0.15) is 18.4 Å². The Kier molecular flexibility index (Phi) is 7.30. The first-order chi connectivity index (χ1) is 23.8. The summed E-state index contributed by atoms with van der Waals surface area (Å²) in [5.74, 6) is -1.37. The summed E-state index contributed by atoms with van der Waals surface area (Å²) in [4.78, 5) is 0. The van der Waals surface area contributed by atoms with Crippen molar-refractivity contribution >= 4 is 34.9 Å². The van der Waals surface area contributed by atoms with Gasteiger partial charge in [-0.2, -0.15) is 0 Å². The predicted molar refractivity (Wildman–Crippen MR) is 198 cm³/mol. The first-order valence-corrected chi connectivity index (χ1v) is 16.2. The van der Waals surface area contributed by atoms with Gasteiger partial charge in [-0.3, -0.25) is 0 Å². The van der Waals surface area contributed by atoms with E-state index in [4.69, 9.17) is 12.6 Å². The van der Waals surface area contributed by atoms with Crippen molar-refractivity contribution in [1.29, 1.82) is 0 Å². The van der Waals surface area contributed by atoms with Crippen molar-refractivity contribution in [2.75, 3.05) is 0 Å². The second kappa shape index (κ2) is 11.8. The Bertz CT molecular complexity index is 2380. The second-order valence-electron chi connectivity index (χ2n) is 12.5. The number of rotatable bonds is 3. The largest absolute Gasteiger partial charge is 0.508 e. The molecule has 1 aliphatic heterocycles. The van der Waals surface area contributed by atoms with E-state index in [0.29, 0.717) is 11.3 Å². The Morgan fingerprint density at radius 1 is 0.571 bits per heavy atom. The number of fused-ring (bicyclic) bond motifs is 3. The van der Waals surface area contributed by atoms with Gasteiger partial charge in [-0.05, 0) is 103 Å². The highest BCUT2D eigenvalue weighted by Crippen LogP contribution is 2.49. The standard InChI is InChI=1S/C43H31BO5/c1-24-17-18-25-9-2-3-10-26(25)21-27-19-20-30(23-35(27)49-24)37-33-15-6-4-13-31(33)36(32-14-5-7-16-34(32)37)28-11-8-12-29(22-28)38-40(45)39(44)42(47)43(48)41(38)46/h3-8,10-20,22-23,45-48H,1-2,9,21H2/b18-17-. The van der Waals surface area contributed by atoms with Crippen molar-refractivity contribution in [3.05, 3.63) is 144 Å². The number of hydrogen-bond donors (Lipinski definition) is 4. The zero-order chi connectivity index (χ0) is 33.8. The third-order valence-corrected chi connectivity index (χ3v) is 9.56. The fourth-order valence-corrected chi connectivity index (χ4v) is 7.19. The molecule has 0 amide bonds. The molecule has 0 saturated heterocycles. The van der Waals surface area contributed by atoms with Gasteiger partial charge < -0.3 is 25.2 Å². The molecule has 0 unspecified atom stereocenters. The van der Waals surface area contributed by atoms with Gasteiger partial charge in [0.2, 0.25) is 5.75 Å². The lowest BCUT2D eigenvalue weighted by atomic mass is 9.84. The molecule has 2 aliphatic rings. The molecule has 1 aliphatic carbocycles. The molecule has 2 radical (unpaired) electrons. The molecule has 0 saturated carbocycles. The minimum absolute atomic E-state index is 0.0699. The van der Waals surface area contributed by atoms with Crippen LogP contribution in [-0.2, 0) is 6.42 Å². The molecule has 0 atom stereocenters. The lowest BCUT2D eigenvalue weighted by Gasteiger charge is -2.20. The van der Waals surface area contributed by atoms with E-state index >= 15 is 0 Å². The molecule has 49 heavy (non-hydrogen) atoms. The third kappa shape index (κ3) is 5.04. The Morgan fingerprint density at radius 2 is 1.18 bits per heavy atom. The fraction of sp³-hybridized carbons (Fsp3) is 0.0698. The van der Waals surface area contributed by atoms with E-state index in [1.54, 1.807) is 6.07 Å². The van der Waals surface area contributed by atoms with Crippen LogP contribution in [0, 0.1) is 0 Å². The average Bonchev–Trinajstić information content (AvgIpc) is 3.19. The van der Waals surface area contributed by atoms with Crippen LogP contribution >= 0.6 is 0 Å². The van der Waals surface area contributed by atoms with Crippen LogP contribution in [0.25, 0.3) is 54.9 Å². The summed E-state index contributed by atoms with van der Waals surface area (Å²) in [5.41, 5.74) is 7.52. The second-order valence-corrected chi connectivity index (χ2v) is 12.5. The SMILES string of the molecule is [B]c1c(O)c(O)c(O)c(-c2cccc(-c3c4ccccc4c(-c4ccc5c(c4)OC(=C)/C=C\C4=C(C=CCC4)C5)c4ccccc34)c2)c1O. The van der Waals surface area contributed by atoms with Crippen molar-refractivity contribution in [3.63, 3.8) is 0 Å². The summed E-state index contributed by atoms with van der Waals surface area (Å²) in [6, 6.07) is 30.3. The van der Waals surface area contributed by atoms with E-state index in [0.717, 1.165) is 74.4 Å². The Labute approximate surface area is 285 Å². The molecule has 8 rings (SSSR count). The monoisotopic (exact) mass is 638 g/mol. The number of benzene rings is 6. The van der Waals surface area contributed by atoms with Gasteiger partial charge in [0.15, 0.2) is 11.5 Å². The lowest BCUT2D eigenvalue weighted by Crippen LogP contribution is -2.05. The summed E-state index contributed by atoms with van der Waals surface area (Å²) in [6.45, 7) is 4.18. The maximum Gasteiger partial charge on any atom is 0.200 e. The smallest absolute Gasteiger partial charge is 0.200 e. The van der Waals surface area contributed by atoms with E-state index in [2.05, 4.69) is 67.3 Å². The molecule has 1 heterocycles. The quantitative estimate of drug-likeness (QED) is 0.0672. The first-order valence-electron chi connectivity index (χ1n) is 16.2. The number of phenols is 4. The molecule has 5 nitrogen and oxygen atoms in total. The highest BCUT2D eigenvalue weighted by Gasteiger charge is 2.23. The van der Waals surface area contributed by atoms with Gasteiger partial charge in [0.05, 0.1) is 5.56 Å². The van der Waals surface area contributed by atoms with E-state index in [9.17, 15) is 20.4 Å². The van der Waals surface area contributed by atoms with Gasteiger partial charge in [-0.15, -0.1) is 0 Å². The maximum atomic E-state index is 10.8. The van der Waals surface area contributed by atoms with Gasteiger partial charge in [0.25, 0.3) is 0 Å². The van der Waals surface area contributed by atoms with Crippen LogP contribution in [0.4, 0.5) is 0 Å². The highest BCUT2D eigenvalue weighted by atomic mass is 16.5. The number of allylic oxidation sites excluding steroid dienone is 6. The number of hydrogen-bond acceptors (Lipinski definition) is 5. The Balaban J connectivity index is 1.34. The van der Waals surface area contributed by atoms with Crippen LogP contribution in [0.5, 0.6) is 28.7 Å². The van der Waals surface area contributed by atoms with Gasteiger partial charge in [0, 0.05) is 6.42 Å². The maximum absolute atomic E-state index is 10.8. The van der Waals surface area contributed by atoms with Gasteiger partial charge >= 0.3 is 0 Å². The van der Waals surface area contributed by atoms with Gasteiger partial charge in [-0.1, -0.05) is 104 Å². The molecule has 4 N–H and O–H groups in total. The zero-order valence-corrected chi connectivity index (χ0v) is 26.6. The van der Waals surface area contributed by atoms with Crippen LogP contribution in [0.15, 0.2) is 139 Å². The van der Waals surface area contributed by atoms with Crippen molar-refractivity contribution in [2.45, 2.75) is 19.3 Å². The lowest BCUT2D eigenvalue weighted by molar-refractivity contribution is 0.365. The van der Waals surface area contributed by atoms with E-state index in [1.807, 2.05) is 48.5 Å². The Hall–Kier alpha value is -6.14. The van der Waals surface area contributed by atoms with E-state index < -0.39 is 28.5 Å². The summed E-state index contributed by atoms with van der Waals surface area (Å²) in [6.07, 6.45) is 11.4. The van der Waals surface area contributed by atoms with Crippen LogP contribution in [0.3, 0.4) is 0 Å². The molecule has 0 spiro atoms. The molecule has 6 aromatic rings. The van der Waals surface area contributed by atoms with Crippen LogP contribution in [-0.4, -0.2) is 28.3 Å². The van der Waals surface area contributed by atoms with Crippen LogP contribution < -0.4 is 10.2 Å². The molecule has 0 fully saturated rings. The topological polar surface area (TPSA) is 90.2 Å². The van der Waals surface area contributed by atoms with Crippen molar-refractivity contribution in [1.82, 2.24) is 0 Å². The highest BCUT2D eigenvalue weighted by molar-refractivity contribution is 6.37. The molecule has 6 aromatic carbocycles. The normalized spacial score (nSPS) is 14.9. The summed E-state index contributed by atoms with van der Waals surface area (Å²) in [5, 5.41) is 46.1.